The number of rotatable bonds is 1. The van der Waals surface area contributed by atoms with Crippen molar-refractivity contribution >= 4 is 11.8 Å². The number of phenolic OH excluding ortho intramolecular Hbond substituents is 1. The quantitative estimate of drug-likeness (QED) is 0.717. The summed E-state index contributed by atoms with van der Waals surface area (Å²) in [5.41, 5.74) is 0.190. The Morgan fingerprint density at radius 2 is 1.67 bits per heavy atom. The third-order valence-electron chi connectivity index (χ3n) is 1.31. The van der Waals surface area contributed by atoms with Crippen molar-refractivity contribution in [2.45, 2.75) is 13.8 Å². The Morgan fingerprint density at radius 1 is 1.20 bits per heavy atom. The summed E-state index contributed by atoms with van der Waals surface area (Å²) in [6.07, 6.45) is 0. The van der Waals surface area contributed by atoms with Crippen LogP contribution in [0.5, 0.6) is 5.75 Å². The summed E-state index contributed by atoms with van der Waals surface area (Å²) in [6.45, 7) is 3.06. The third-order valence-corrected chi connectivity index (χ3v) is 1.31. The second kappa shape index (κ2) is 6.59. The van der Waals surface area contributed by atoms with Gasteiger partial charge in [-0.25, -0.2) is 4.79 Å². The van der Waals surface area contributed by atoms with E-state index < -0.39 is 5.97 Å². The van der Waals surface area contributed by atoms with Crippen LogP contribution in [0.4, 0.5) is 0 Å². The summed E-state index contributed by atoms with van der Waals surface area (Å²) in [5.74, 6) is -0.414. The number of hydrogen-bond acceptors (Lipinski definition) is 4. The number of aromatic hydroxyl groups is 1. The van der Waals surface area contributed by atoms with Gasteiger partial charge in [-0.1, -0.05) is 12.1 Å². The minimum atomic E-state index is -0.525. The number of carbonyl (C=O) groups is 2. The van der Waals surface area contributed by atoms with E-state index in [-0.39, 0.29) is 17.1 Å². The molecule has 4 nitrogen and oxygen atoms in total. The number of para-hydroxylation sites is 1. The van der Waals surface area contributed by atoms with Gasteiger partial charge in [0.05, 0.1) is 7.11 Å². The van der Waals surface area contributed by atoms with E-state index in [0.29, 0.717) is 0 Å². The Morgan fingerprint density at radius 3 is 2.07 bits per heavy atom. The molecule has 0 saturated carbocycles. The van der Waals surface area contributed by atoms with Gasteiger partial charge in [-0.15, -0.1) is 0 Å². The summed E-state index contributed by atoms with van der Waals surface area (Å²) in [5, 5.41) is 9.11. The predicted molar refractivity (Wildman–Crippen MR) is 55.8 cm³/mol. The molecule has 0 aliphatic rings. The largest absolute Gasteiger partial charge is 0.507 e. The first-order valence-electron chi connectivity index (χ1n) is 4.32. The molecule has 1 N–H and O–H groups in total. The van der Waals surface area contributed by atoms with Gasteiger partial charge in [0.1, 0.15) is 17.1 Å². The maximum absolute atomic E-state index is 10.9. The molecule has 0 bridgehead atoms. The van der Waals surface area contributed by atoms with Crippen LogP contribution in [0.2, 0.25) is 0 Å². The van der Waals surface area contributed by atoms with Crippen LogP contribution < -0.4 is 0 Å². The molecular weight excluding hydrogens is 196 g/mol. The molecule has 0 aromatic heterocycles. The standard InChI is InChI=1S/C8H8O3.C3H6O/c1-11-8(10)6-4-2-3-5-7(6)9;1-3(2)4/h2-5,9H,1H3;1-2H3. The number of benzene rings is 1. The molecule has 1 aromatic rings. The molecule has 0 saturated heterocycles. The van der Waals surface area contributed by atoms with Gasteiger partial charge in [-0.05, 0) is 26.0 Å². The molecule has 0 amide bonds. The zero-order chi connectivity index (χ0) is 11.8. The predicted octanol–water partition coefficient (Wildman–Crippen LogP) is 1.77. The Kier molecular flexibility index (Phi) is 5.78. The number of methoxy groups -OCH3 is 1. The zero-order valence-corrected chi connectivity index (χ0v) is 8.98. The fourth-order valence-electron chi connectivity index (χ4n) is 0.756. The van der Waals surface area contributed by atoms with Crippen molar-refractivity contribution in [3.8, 4) is 5.75 Å². The fourth-order valence-corrected chi connectivity index (χ4v) is 0.756. The van der Waals surface area contributed by atoms with Crippen molar-refractivity contribution in [1.29, 1.82) is 0 Å². The number of phenols is 1. The van der Waals surface area contributed by atoms with Crippen LogP contribution in [0.25, 0.3) is 0 Å². The van der Waals surface area contributed by atoms with E-state index in [2.05, 4.69) is 4.74 Å². The second-order valence-corrected chi connectivity index (χ2v) is 2.92. The van der Waals surface area contributed by atoms with E-state index in [1.807, 2.05) is 0 Å². The number of ketones is 1. The first kappa shape index (κ1) is 13.2. The lowest BCUT2D eigenvalue weighted by Crippen LogP contribution is -2.00. The monoisotopic (exact) mass is 210 g/mol. The molecule has 0 atom stereocenters. The number of Topliss-reactive ketones (excluding diaryl/α,β-unsaturated/α-hetero) is 1. The van der Waals surface area contributed by atoms with Gasteiger partial charge in [0.25, 0.3) is 0 Å². The van der Waals surface area contributed by atoms with Crippen molar-refractivity contribution < 1.29 is 19.4 Å². The van der Waals surface area contributed by atoms with Crippen LogP contribution in [0.15, 0.2) is 24.3 Å². The van der Waals surface area contributed by atoms with Crippen molar-refractivity contribution in [2.24, 2.45) is 0 Å². The van der Waals surface area contributed by atoms with Crippen molar-refractivity contribution in [3.05, 3.63) is 29.8 Å². The van der Waals surface area contributed by atoms with Gasteiger partial charge in [0, 0.05) is 0 Å². The van der Waals surface area contributed by atoms with E-state index in [1.165, 1.54) is 33.1 Å². The molecule has 1 rings (SSSR count). The second-order valence-electron chi connectivity index (χ2n) is 2.92. The van der Waals surface area contributed by atoms with Crippen LogP contribution in [-0.2, 0) is 9.53 Å². The zero-order valence-electron chi connectivity index (χ0n) is 8.98. The van der Waals surface area contributed by atoms with Crippen molar-refractivity contribution in [2.75, 3.05) is 7.11 Å². The molecule has 0 fully saturated rings. The average Bonchev–Trinajstić information content (AvgIpc) is 2.16. The highest BCUT2D eigenvalue weighted by Crippen LogP contribution is 2.15. The van der Waals surface area contributed by atoms with E-state index in [0.717, 1.165) is 0 Å². The highest BCUT2D eigenvalue weighted by Gasteiger charge is 2.08. The maximum Gasteiger partial charge on any atom is 0.341 e. The lowest BCUT2D eigenvalue weighted by Gasteiger charge is -1.99. The molecule has 82 valence electrons. The van der Waals surface area contributed by atoms with Crippen molar-refractivity contribution in [3.63, 3.8) is 0 Å². The van der Waals surface area contributed by atoms with E-state index in [4.69, 9.17) is 5.11 Å². The smallest absolute Gasteiger partial charge is 0.341 e. The first-order valence-corrected chi connectivity index (χ1v) is 4.32. The van der Waals surface area contributed by atoms with Crippen LogP contribution in [0.3, 0.4) is 0 Å². The molecule has 4 heteroatoms. The Bertz CT molecular complexity index is 340. The summed E-state index contributed by atoms with van der Waals surface area (Å²) in [7, 11) is 1.27. The Labute approximate surface area is 88.5 Å². The van der Waals surface area contributed by atoms with Crippen LogP contribution in [0.1, 0.15) is 24.2 Å². The van der Waals surface area contributed by atoms with Crippen LogP contribution in [-0.4, -0.2) is 24.0 Å². The molecule has 0 aliphatic carbocycles. The molecule has 0 aliphatic heterocycles. The maximum atomic E-state index is 10.9. The molecule has 1 aromatic carbocycles. The number of carbonyl (C=O) groups excluding carboxylic acids is 2. The molecular formula is C11H14O4. The van der Waals surface area contributed by atoms with Gasteiger partial charge in [-0.3, -0.25) is 0 Å². The fraction of sp³-hybridized carbons (Fsp3) is 0.273. The average molecular weight is 210 g/mol. The normalized spacial score (nSPS) is 8.47. The van der Waals surface area contributed by atoms with E-state index in [9.17, 15) is 9.59 Å². The first-order chi connectivity index (χ1) is 6.99. The summed E-state index contributed by atoms with van der Waals surface area (Å²) in [4.78, 5) is 20.3. The van der Waals surface area contributed by atoms with Crippen molar-refractivity contribution in [1.82, 2.24) is 0 Å². The molecule has 0 unspecified atom stereocenters. The van der Waals surface area contributed by atoms with Gasteiger partial charge >= 0.3 is 5.97 Å². The van der Waals surface area contributed by atoms with Gasteiger partial charge < -0.3 is 14.6 Å². The minimum Gasteiger partial charge on any atom is -0.507 e. The van der Waals surface area contributed by atoms with E-state index >= 15 is 0 Å². The van der Waals surface area contributed by atoms with Gasteiger partial charge in [0.2, 0.25) is 0 Å². The molecule has 0 spiro atoms. The van der Waals surface area contributed by atoms with Gasteiger partial charge in [-0.2, -0.15) is 0 Å². The summed E-state index contributed by atoms with van der Waals surface area (Å²) < 4.78 is 4.42. The minimum absolute atomic E-state index is 0.0562. The molecule has 0 radical (unpaired) electrons. The number of ether oxygens (including phenoxy) is 1. The number of esters is 1. The number of hydrogen-bond donors (Lipinski definition) is 1. The lowest BCUT2D eigenvalue weighted by molar-refractivity contribution is -0.114. The Balaban J connectivity index is 0.000000423. The lowest BCUT2D eigenvalue weighted by atomic mass is 10.2. The van der Waals surface area contributed by atoms with Crippen LogP contribution >= 0.6 is 0 Å². The van der Waals surface area contributed by atoms with Crippen LogP contribution in [0, 0.1) is 0 Å². The van der Waals surface area contributed by atoms with E-state index in [1.54, 1.807) is 12.1 Å². The summed E-state index contributed by atoms with van der Waals surface area (Å²) >= 11 is 0. The Hall–Kier alpha value is -1.84. The van der Waals surface area contributed by atoms with Gasteiger partial charge in [0.15, 0.2) is 0 Å². The topological polar surface area (TPSA) is 63.6 Å². The SMILES string of the molecule is CC(C)=O.COC(=O)c1ccccc1O. The summed E-state index contributed by atoms with van der Waals surface area (Å²) in [6, 6.07) is 6.24. The highest BCUT2D eigenvalue weighted by atomic mass is 16.5. The molecule has 0 heterocycles. The third kappa shape index (κ3) is 5.46. The highest BCUT2D eigenvalue weighted by molar-refractivity contribution is 5.92. The molecule has 15 heavy (non-hydrogen) atoms.